The molecule has 5 nitrogen and oxygen atoms in total. The third-order valence-electron chi connectivity index (χ3n) is 4.80. The van der Waals surface area contributed by atoms with Gasteiger partial charge in [-0.15, -0.1) is 0 Å². The molecule has 1 fully saturated rings. The number of amides is 2. The highest BCUT2D eigenvalue weighted by molar-refractivity contribution is 6.41. The second kappa shape index (κ2) is 7.36. The molecule has 1 saturated heterocycles. The Morgan fingerprint density at radius 1 is 0.960 bits per heavy atom. The van der Waals surface area contributed by atoms with E-state index in [2.05, 4.69) is 11.8 Å². The van der Waals surface area contributed by atoms with E-state index in [0.29, 0.717) is 46.5 Å². The Labute approximate surface area is 157 Å². The number of hydrogen-bond acceptors (Lipinski definition) is 4. The molecule has 3 rings (SSSR count). The summed E-state index contributed by atoms with van der Waals surface area (Å²) in [6, 6.07) is 5.01. The number of hydrogen-bond donors (Lipinski definition) is 0. The molecule has 2 aliphatic heterocycles. The van der Waals surface area contributed by atoms with E-state index in [9.17, 15) is 9.59 Å². The van der Waals surface area contributed by atoms with Crippen LogP contribution in [0.3, 0.4) is 0 Å². The van der Waals surface area contributed by atoms with Crippen molar-refractivity contribution in [2.45, 2.75) is 13.8 Å². The average molecular weight is 382 g/mol. The van der Waals surface area contributed by atoms with E-state index in [-0.39, 0.29) is 11.8 Å². The van der Waals surface area contributed by atoms with Crippen LogP contribution in [0.4, 0.5) is 0 Å². The largest absolute Gasteiger partial charge is 0.364 e. The van der Waals surface area contributed by atoms with Crippen molar-refractivity contribution in [1.82, 2.24) is 14.7 Å². The van der Waals surface area contributed by atoms with Crippen molar-refractivity contribution in [3.05, 3.63) is 39.5 Å². The molecule has 0 unspecified atom stereocenters. The van der Waals surface area contributed by atoms with E-state index >= 15 is 0 Å². The molecule has 1 aromatic carbocycles. The number of imide groups is 1. The Balaban J connectivity index is 2.06. The summed E-state index contributed by atoms with van der Waals surface area (Å²) in [4.78, 5) is 31.4. The molecule has 0 spiro atoms. The summed E-state index contributed by atoms with van der Waals surface area (Å²) in [5, 5.41) is 0.878. The Bertz CT molecular complexity index is 740. The van der Waals surface area contributed by atoms with Gasteiger partial charge in [-0.05, 0) is 25.6 Å². The molecule has 0 radical (unpaired) electrons. The van der Waals surface area contributed by atoms with Crippen LogP contribution in [0, 0.1) is 0 Å². The lowest BCUT2D eigenvalue weighted by atomic mass is 10.0. The highest BCUT2D eigenvalue weighted by atomic mass is 35.5. The summed E-state index contributed by atoms with van der Waals surface area (Å²) < 4.78 is 0. The van der Waals surface area contributed by atoms with Gasteiger partial charge in [-0.1, -0.05) is 36.2 Å². The van der Waals surface area contributed by atoms with Gasteiger partial charge in [0.05, 0.1) is 10.6 Å². The van der Waals surface area contributed by atoms with Gasteiger partial charge in [0, 0.05) is 43.3 Å². The molecule has 2 amide bonds. The monoisotopic (exact) mass is 381 g/mol. The molecule has 2 aliphatic rings. The van der Waals surface area contributed by atoms with Gasteiger partial charge >= 0.3 is 0 Å². The number of carbonyl (C=O) groups is 2. The smallest absolute Gasteiger partial charge is 0.277 e. The minimum Gasteiger partial charge on any atom is -0.364 e. The van der Waals surface area contributed by atoms with Crippen LogP contribution in [0.1, 0.15) is 19.4 Å². The van der Waals surface area contributed by atoms with Crippen LogP contribution in [-0.2, 0) is 9.59 Å². The standard InChI is InChI=1S/C18H21Cl2N3O2/c1-3-21-7-9-22(10-8-21)16-15(17(24)23(4-2)18(16)25)13-6-5-12(19)11-14(13)20/h5-6,11H,3-4,7-10H2,1-2H3. The summed E-state index contributed by atoms with van der Waals surface area (Å²) in [6.45, 7) is 8.42. The topological polar surface area (TPSA) is 43.9 Å². The van der Waals surface area contributed by atoms with Gasteiger partial charge < -0.3 is 9.80 Å². The highest BCUT2D eigenvalue weighted by Crippen LogP contribution is 2.36. The number of piperazine rings is 1. The fraction of sp³-hybridized carbons (Fsp3) is 0.444. The highest BCUT2D eigenvalue weighted by Gasteiger charge is 2.41. The fourth-order valence-electron chi connectivity index (χ4n) is 3.37. The first-order valence-electron chi connectivity index (χ1n) is 8.51. The van der Waals surface area contributed by atoms with E-state index in [1.54, 1.807) is 25.1 Å². The molecule has 2 heterocycles. The van der Waals surface area contributed by atoms with Crippen LogP contribution in [0.25, 0.3) is 5.57 Å². The molecule has 0 aliphatic carbocycles. The maximum absolute atomic E-state index is 12.9. The summed E-state index contributed by atoms with van der Waals surface area (Å²) in [6.07, 6.45) is 0. The molecule has 0 saturated carbocycles. The minimum atomic E-state index is -0.287. The lowest BCUT2D eigenvalue weighted by molar-refractivity contribution is -0.137. The zero-order valence-corrected chi connectivity index (χ0v) is 15.9. The minimum absolute atomic E-state index is 0.238. The lowest BCUT2D eigenvalue weighted by Crippen LogP contribution is -2.47. The first kappa shape index (κ1) is 18.2. The third-order valence-corrected chi connectivity index (χ3v) is 5.34. The van der Waals surface area contributed by atoms with E-state index < -0.39 is 0 Å². The van der Waals surface area contributed by atoms with Crippen LogP contribution in [0.2, 0.25) is 10.0 Å². The van der Waals surface area contributed by atoms with Crippen molar-refractivity contribution in [2.24, 2.45) is 0 Å². The SMILES string of the molecule is CCN1CCN(C2=C(c3ccc(Cl)cc3Cl)C(=O)N(CC)C2=O)CC1. The summed E-state index contributed by atoms with van der Waals surface area (Å²) >= 11 is 12.3. The molecule has 0 N–H and O–H groups in total. The van der Waals surface area contributed by atoms with Gasteiger partial charge in [-0.2, -0.15) is 0 Å². The van der Waals surface area contributed by atoms with Crippen LogP contribution in [0.15, 0.2) is 23.9 Å². The quantitative estimate of drug-likeness (QED) is 0.752. The molecule has 0 atom stereocenters. The Hall–Kier alpha value is -1.56. The van der Waals surface area contributed by atoms with Crippen molar-refractivity contribution in [1.29, 1.82) is 0 Å². The maximum Gasteiger partial charge on any atom is 0.277 e. The van der Waals surface area contributed by atoms with Crippen molar-refractivity contribution in [2.75, 3.05) is 39.3 Å². The first-order valence-corrected chi connectivity index (χ1v) is 9.26. The Morgan fingerprint density at radius 3 is 2.20 bits per heavy atom. The van der Waals surface area contributed by atoms with Crippen LogP contribution >= 0.6 is 23.2 Å². The predicted octanol–water partition coefficient (Wildman–Crippen LogP) is 2.73. The predicted molar refractivity (Wildman–Crippen MR) is 99.5 cm³/mol. The summed E-state index contributed by atoms with van der Waals surface area (Å²) in [5.41, 5.74) is 1.42. The number of rotatable bonds is 4. The molecule has 134 valence electrons. The van der Waals surface area contributed by atoms with Gasteiger partial charge in [0.1, 0.15) is 5.70 Å². The second-order valence-corrected chi connectivity index (χ2v) is 6.97. The number of likely N-dealkylation sites (N-methyl/N-ethyl adjacent to an activating group) is 2. The molecule has 1 aromatic rings. The van der Waals surface area contributed by atoms with Crippen molar-refractivity contribution in [3.63, 3.8) is 0 Å². The van der Waals surface area contributed by atoms with E-state index in [4.69, 9.17) is 23.2 Å². The molecule has 7 heteroatoms. The van der Waals surface area contributed by atoms with Gasteiger partial charge in [0.2, 0.25) is 0 Å². The maximum atomic E-state index is 12.9. The van der Waals surface area contributed by atoms with E-state index in [1.165, 1.54) is 4.90 Å². The molecule has 0 bridgehead atoms. The first-order chi connectivity index (χ1) is 12.0. The van der Waals surface area contributed by atoms with Gasteiger partial charge in [-0.25, -0.2) is 0 Å². The Morgan fingerprint density at radius 2 is 1.64 bits per heavy atom. The third kappa shape index (κ3) is 3.28. The van der Waals surface area contributed by atoms with Crippen molar-refractivity contribution >= 4 is 40.6 Å². The fourth-order valence-corrected chi connectivity index (χ4v) is 3.87. The van der Waals surface area contributed by atoms with E-state index in [1.807, 2.05) is 4.90 Å². The van der Waals surface area contributed by atoms with Gasteiger partial charge in [-0.3, -0.25) is 14.5 Å². The van der Waals surface area contributed by atoms with Crippen molar-refractivity contribution < 1.29 is 9.59 Å². The molecular formula is C18H21Cl2N3O2. The molecule has 25 heavy (non-hydrogen) atoms. The summed E-state index contributed by atoms with van der Waals surface area (Å²) in [5.74, 6) is -0.525. The zero-order chi connectivity index (χ0) is 18.1. The number of benzene rings is 1. The number of nitrogens with zero attached hydrogens (tertiary/aromatic N) is 3. The summed E-state index contributed by atoms with van der Waals surface area (Å²) in [7, 11) is 0. The van der Waals surface area contributed by atoms with Crippen molar-refractivity contribution in [3.8, 4) is 0 Å². The zero-order valence-electron chi connectivity index (χ0n) is 14.4. The van der Waals surface area contributed by atoms with Gasteiger partial charge in [0.15, 0.2) is 0 Å². The van der Waals surface area contributed by atoms with Crippen LogP contribution < -0.4 is 0 Å². The molecular weight excluding hydrogens is 361 g/mol. The number of halogens is 2. The van der Waals surface area contributed by atoms with Crippen LogP contribution in [0.5, 0.6) is 0 Å². The van der Waals surface area contributed by atoms with Crippen LogP contribution in [-0.4, -0.2) is 65.8 Å². The average Bonchev–Trinajstić information content (AvgIpc) is 2.85. The van der Waals surface area contributed by atoms with Gasteiger partial charge in [0.25, 0.3) is 11.8 Å². The Kier molecular flexibility index (Phi) is 5.37. The van der Waals surface area contributed by atoms with E-state index in [0.717, 1.165) is 19.6 Å². The molecule has 0 aromatic heterocycles. The normalized spacial score (nSPS) is 19.4. The number of carbonyl (C=O) groups excluding carboxylic acids is 2. The second-order valence-electron chi connectivity index (χ2n) is 6.12. The lowest BCUT2D eigenvalue weighted by Gasteiger charge is -2.36.